The third-order valence-electron chi connectivity index (χ3n) is 4.06. The molecule has 0 aromatic heterocycles. The maximum absolute atomic E-state index is 13.4. The zero-order chi connectivity index (χ0) is 14.8. The Hall–Kier alpha value is -1.78. The predicted molar refractivity (Wildman–Crippen MR) is 78.8 cm³/mol. The summed E-state index contributed by atoms with van der Waals surface area (Å²) in [5.74, 6) is -1.57. The molecular formula is C17H18F2N2. The van der Waals surface area contributed by atoms with E-state index in [0.717, 1.165) is 25.2 Å². The fraction of sp³-hybridized carbons (Fsp3) is 0.294. The van der Waals surface area contributed by atoms with Crippen LogP contribution in [0.1, 0.15) is 17.0 Å². The first-order valence-corrected chi connectivity index (χ1v) is 7.10. The van der Waals surface area contributed by atoms with Crippen LogP contribution in [0.3, 0.4) is 0 Å². The van der Waals surface area contributed by atoms with Gasteiger partial charge in [-0.05, 0) is 23.3 Å². The number of rotatable bonds is 3. The van der Waals surface area contributed by atoms with E-state index in [-0.39, 0.29) is 12.0 Å². The second-order valence-electron chi connectivity index (χ2n) is 5.62. The Morgan fingerprint density at radius 2 is 1.76 bits per heavy atom. The second kappa shape index (κ2) is 5.92. The zero-order valence-electron chi connectivity index (χ0n) is 11.7. The van der Waals surface area contributed by atoms with Crippen molar-refractivity contribution in [3.05, 3.63) is 71.3 Å². The number of nitrogens with zero attached hydrogens (tertiary/aromatic N) is 1. The SMILES string of the molecule is N[C@@H]1CN(Cc2ccccc2)C[C@H]1c1ccc(F)c(F)c1. The van der Waals surface area contributed by atoms with Crippen LogP contribution < -0.4 is 5.73 Å². The van der Waals surface area contributed by atoms with E-state index >= 15 is 0 Å². The van der Waals surface area contributed by atoms with Gasteiger partial charge < -0.3 is 5.73 Å². The first kappa shape index (κ1) is 14.2. The summed E-state index contributed by atoms with van der Waals surface area (Å²) in [6, 6.07) is 14.2. The van der Waals surface area contributed by atoms with Crippen LogP contribution in [0.25, 0.3) is 0 Å². The van der Waals surface area contributed by atoms with Gasteiger partial charge in [-0.2, -0.15) is 0 Å². The van der Waals surface area contributed by atoms with Gasteiger partial charge >= 0.3 is 0 Å². The van der Waals surface area contributed by atoms with Crippen molar-refractivity contribution in [2.45, 2.75) is 18.5 Å². The molecule has 1 aliphatic heterocycles. The van der Waals surface area contributed by atoms with Crippen molar-refractivity contribution in [1.82, 2.24) is 4.90 Å². The maximum atomic E-state index is 13.4. The molecule has 0 bridgehead atoms. The highest BCUT2D eigenvalue weighted by molar-refractivity contribution is 5.25. The Morgan fingerprint density at radius 1 is 1.00 bits per heavy atom. The summed E-state index contributed by atoms with van der Waals surface area (Å²) in [5.41, 5.74) is 8.19. The lowest BCUT2D eigenvalue weighted by atomic mass is 9.95. The lowest BCUT2D eigenvalue weighted by molar-refractivity contribution is 0.323. The molecule has 0 spiro atoms. The molecule has 0 saturated carbocycles. The molecule has 2 atom stereocenters. The smallest absolute Gasteiger partial charge is 0.159 e. The van der Waals surface area contributed by atoms with Gasteiger partial charge in [0.15, 0.2) is 11.6 Å². The third-order valence-corrected chi connectivity index (χ3v) is 4.06. The van der Waals surface area contributed by atoms with Crippen molar-refractivity contribution >= 4 is 0 Å². The lowest BCUT2D eigenvalue weighted by Crippen LogP contribution is -2.28. The van der Waals surface area contributed by atoms with E-state index in [4.69, 9.17) is 5.73 Å². The molecule has 2 nitrogen and oxygen atoms in total. The minimum Gasteiger partial charge on any atom is -0.326 e. The third kappa shape index (κ3) is 3.12. The monoisotopic (exact) mass is 288 g/mol. The number of benzene rings is 2. The Bertz CT molecular complexity index is 615. The topological polar surface area (TPSA) is 29.3 Å². The van der Waals surface area contributed by atoms with Gasteiger partial charge in [-0.15, -0.1) is 0 Å². The standard InChI is InChI=1S/C17H18F2N2/c18-15-7-6-13(8-16(15)19)14-10-21(11-17(14)20)9-12-4-2-1-3-5-12/h1-8,14,17H,9-11,20H2/t14-,17+/m0/s1. The van der Waals surface area contributed by atoms with Crippen molar-refractivity contribution in [2.75, 3.05) is 13.1 Å². The molecule has 3 rings (SSSR count). The summed E-state index contributed by atoms with van der Waals surface area (Å²) in [6.45, 7) is 2.36. The molecule has 4 heteroatoms. The Balaban J connectivity index is 1.72. The van der Waals surface area contributed by atoms with E-state index in [1.165, 1.54) is 17.7 Å². The molecular weight excluding hydrogens is 270 g/mol. The lowest BCUT2D eigenvalue weighted by Gasteiger charge is -2.16. The number of hydrogen-bond acceptors (Lipinski definition) is 2. The number of nitrogens with two attached hydrogens (primary N) is 1. The molecule has 110 valence electrons. The van der Waals surface area contributed by atoms with Crippen LogP contribution in [0, 0.1) is 11.6 Å². The predicted octanol–water partition coefficient (Wildman–Crippen LogP) is 2.89. The van der Waals surface area contributed by atoms with Crippen LogP contribution in [0.4, 0.5) is 8.78 Å². The van der Waals surface area contributed by atoms with Gasteiger partial charge in [0.1, 0.15) is 0 Å². The summed E-state index contributed by atoms with van der Waals surface area (Å²) >= 11 is 0. The van der Waals surface area contributed by atoms with E-state index in [1.54, 1.807) is 6.07 Å². The van der Waals surface area contributed by atoms with Crippen molar-refractivity contribution < 1.29 is 8.78 Å². The van der Waals surface area contributed by atoms with Gasteiger partial charge in [0.25, 0.3) is 0 Å². The Labute approximate surface area is 123 Å². The van der Waals surface area contributed by atoms with Gasteiger partial charge in [-0.1, -0.05) is 36.4 Å². The van der Waals surface area contributed by atoms with E-state index in [9.17, 15) is 8.78 Å². The highest BCUT2D eigenvalue weighted by Gasteiger charge is 2.31. The molecule has 0 amide bonds. The van der Waals surface area contributed by atoms with Crippen LogP contribution in [-0.4, -0.2) is 24.0 Å². The molecule has 1 heterocycles. The number of hydrogen-bond donors (Lipinski definition) is 1. The Morgan fingerprint density at radius 3 is 2.48 bits per heavy atom. The normalized spacial score (nSPS) is 22.6. The van der Waals surface area contributed by atoms with E-state index in [1.807, 2.05) is 18.2 Å². The van der Waals surface area contributed by atoms with Crippen molar-refractivity contribution in [2.24, 2.45) is 5.73 Å². The zero-order valence-corrected chi connectivity index (χ0v) is 11.7. The van der Waals surface area contributed by atoms with E-state index in [0.29, 0.717) is 0 Å². The van der Waals surface area contributed by atoms with Crippen LogP contribution in [0.15, 0.2) is 48.5 Å². The average Bonchev–Trinajstić information content (AvgIpc) is 2.84. The molecule has 0 aliphatic carbocycles. The van der Waals surface area contributed by atoms with Gasteiger partial charge in [0, 0.05) is 31.6 Å². The second-order valence-corrected chi connectivity index (χ2v) is 5.62. The van der Waals surface area contributed by atoms with Crippen LogP contribution in [-0.2, 0) is 6.54 Å². The van der Waals surface area contributed by atoms with Gasteiger partial charge in [-0.25, -0.2) is 8.78 Å². The fourth-order valence-corrected chi connectivity index (χ4v) is 2.98. The quantitative estimate of drug-likeness (QED) is 0.941. The summed E-state index contributed by atoms with van der Waals surface area (Å²) in [4.78, 5) is 2.26. The fourth-order valence-electron chi connectivity index (χ4n) is 2.98. The number of likely N-dealkylation sites (tertiary alicyclic amines) is 1. The molecule has 2 aromatic rings. The average molecular weight is 288 g/mol. The molecule has 2 aromatic carbocycles. The molecule has 21 heavy (non-hydrogen) atoms. The minimum absolute atomic E-state index is 0.0452. The molecule has 0 radical (unpaired) electrons. The highest BCUT2D eigenvalue weighted by Crippen LogP contribution is 2.28. The molecule has 2 N–H and O–H groups in total. The van der Waals surface area contributed by atoms with E-state index < -0.39 is 11.6 Å². The Kier molecular flexibility index (Phi) is 3.99. The van der Waals surface area contributed by atoms with Gasteiger partial charge in [0.05, 0.1) is 0 Å². The van der Waals surface area contributed by atoms with E-state index in [2.05, 4.69) is 17.0 Å². The summed E-state index contributed by atoms with van der Waals surface area (Å²) in [7, 11) is 0. The molecule has 0 unspecified atom stereocenters. The van der Waals surface area contributed by atoms with Gasteiger partial charge in [0.2, 0.25) is 0 Å². The molecule has 1 fully saturated rings. The first-order valence-electron chi connectivity index (χ1n) is 7.10. The van der Waals surface area contributed by atoms with Gasteiger partial charge in [-0.3, -0.25) is 4.90 Å². The summed E-state index contributed by atoms with van der Waals surface area (Å²) in [6.07, 6.45) is 0. The van der Waals surface area contributed by atoms with Crippen LogP contribution in [0.2, 0.25) is 0 Å². The maximum Gasteiger partial charge on any atom is 0.159 e. The molecule has 1 aliphatic rings. The van der Waals surface area contributed by atoms with Crippen molar-refractivity contribution in [3.8, 4) is 0 Å². The van der Waals surface area contributed by atoms with Crippen LogP contribution in [0.5, 0.6) is 0 Å². The summed E-state index contributed by atoms with van der Waals surface area (Å²) in [5, 5.41) is 0. The first-order chi connectivity index (χ1) is 10.1. The largest absolute Gasteiger partial charge is 0.326 e. The summed E-state index contributed by atoms with van der Waals surface area (Å²) < 4.78 is 26.4. The highest BCUT2D eigenvalue weighted by atomic mass is 19.2. The number of halogens is 2. The van der Waals surface area contributed by atoms with Crippen molar-refractivity contribution in [3.63, 3.8) is 0 Å². The minimum atomic E-state index is -0.813. The van der Waals surface area contributed by atoms with Crippen molar-refractivity contribution in [1.29, 1.82) is 0 Å². The molecule has 1 saturated heterocycles. The van der Waals surface area contributed by atoms with Crippen LogP contribution >= 0.6 is 0 Å².